The number of rotatable bonds is 7. The molecule has 8 heteroatoms. The minimum absolute atomic E-state index is 0. The molecule has 6 nitrogen and oxygen atoms in total. The number of hydrogen-bond acceptors (Lipinski definition) is 3. The topological polar surface area (TPSA) is 57.5 Å². The van der Waals surface area contributed by atoms with Gasteiger partial charge in [-0.05, 0) is 63.3 Å². The molecule has 1 aliphatic heterocycles. The highest BCUT2D eigenvalue weighted by molar-refractivity contribution is 14.0. The van der Waals surface area contributed by atoms with Gasteiger partial charge in [-0.2, -0.15) is 0 Å². The number of unbranched alkanes of at least 4 members (excludes halogenated alkanes) is 1. The summed E-state index contributed by atoms with van der Waals surface area (Å²) >= 11 is 0. The van der Waals surface area contributed by atoms with Crippen LogP contribution in [0.3, 0.4) is 0 Å². The van der Waals surface area contributed by atoms with Crippen LogP contribution in [0, 0.1) is 19.7 Å². The average molecular weight is 528 g/mol. The molecule has 166 valence electrons. The number of benzene rings is 1. The van der Waals surface area contributed by atoms with E-state index in [2.05, 4.69) is 30.1 Å². The van der Waals surface area contributed by atoms with E-state index in [1.54, 1.807) is 12.1 Å². The molecule has 3 rings (SSSR count). The fourth-order valence-electron chi connectivity index (χ4n) is 3.93. The van der Waals surface area contributed by atoms with Crippen molar-refractivity contribution in [3.63, 3.8) is 0 Å². The third kappa shape index (κ3) is 6.85. The van der Waals surface area contributed by atoms with Crippen LogP contribution in [0.25, 0.3) is 0 Å². The molecule has 30 heavy (non-hydrogen) atoms. The van der Waals surface area contributed by atoms with E-state index in [1.165, 1.54) is 0 Å². The molecule has 0 saturated carbocycles. The number of halogens is 2. The predicted molar refractivity (Wildman–Crippen MR) is 132 cm³/mol. The van der Waals surface area contributed by atoms with Gasteiger partial charge in [-0.1, -0.05) is 0 Å². The molecular weight excluding hydrogens is 494 g/mol. The van der Waals surface area contributed by atoms with Crippen LogP contribution in [0.2, 0.25) is 0 Å². The van der Waals surface area contributed by atoms with Crippen molar-refractivity contribution in [2.45, 2.75) is 52.1 Å². The smallest absolute Gasteiger partial charge is 0.191 e. The molecule has 2 aromatic rings. The van der Waals surface area contributed by atoms with Crippen LogP contribution in [-0.4, -0.2) is 48.2 Å². The second kappa shape index (κ2) is 12.1. The Bertz CT molecular complexity index is 822. The first-order valence-corrected chi connectivity index (χ1v) is 10.5. The molecule has 1 atom stereocenters. The van der Waals surface area contributed by atoms with Crippen LogP contribution in [0.15, 0.2) is 35.6 Å². The van der Waals surface area contributed by atoms with E-state index in [0.717, 1.165) is 74.9 Å². The minimum Gasteiger partial charge on any atom is -0.369 e. The molecule has 1 aliphatic rings. The molecule has 1 unspecified atom stereocenters. The average Bonchev–Trinajstić information content (AvgIpc) is 3.12. The number of imidazole rings is 1. The van der Waals surface area contributed by atoms with E-state index in [9.17, 15) is 4.39 Å². The van der Waals surface area contributed by atoms with Crippen molar-refractivity contribution in [2.75, 3.05) is 31.6 Å². The number of aryl methyl sites for hydroxylation is 3. The molecule has 1 fully saturated rings. The van der Waals surface area contributed by atoms with Gasteiger partial charge >= 0.3 is 0 Å². The summed E-state index contributed by atoms with van der Waals surface area (Å²) < 4.78 is 15.6. The van der Waals surface area contributed by atoms with E-state index in [4.69, 9.17) is 0 Å². The lowest BCUT2D eigenvalue weighted by Gasteiger charge is -2.36. The van der Waals surface area contributed by atoms with Crippen LogP contribution in [0.4, 0.5) is 10.1 Å². The lowest BCUT2D eigenvalue weighted by molar-refractivity contribution is 0.466. The summed E-state index contributed by atoms with van der Waals surface area (Å²) in [7, 11) is 1.81. The molecule has 0 amide bonds. The Hall–Kier alpha value is -1.84. The van der Waals surface area contributed by atoms with Crippen molar-refractivity contribution in [1.82, 2.24) is 20.2 Å². The van der Waals surface area contributed by atoms with Gasteiger partial charge in [-0.15, -0.1) is 24.0 Å². The Balaban J connectivity index is 0.00000320. The summed E-state index contributed by atoms with van der Waals surface area (Å²) in [5.41, 5.74) is 2.11. The summed E-state index contributed by atoms with van der Waals surface area (Å²) in [5, 5.41) is 6.99. The highest BCUT2D eigenvalue weighted by atomic mass is 127. The lowest BCUT2D eigenvalue weighted by atomic mass is 10.0. The minimum atomic E-state index is -0.175. The number of nitrogens with zero attached hydrogens (tertiary/aromatic N) is 4. The zero-order valence-electron chi connectivity index (χ0n) is 18.2. The number of aliphatic imine (C=N–C) groups is 1. The van der Waals surface area contributed by atoms with Crippen molar-refractivity contribution >= 4 is 35.6 Å². The summed E-state index contributed by atoms with van der Waals surface area (Å²) in [6, 6.07) is 5.37. The molecule has 1 aromatic heterocycles. The predicted octanol–water partition coefficient (Wildman–Crippen LogP) is 3.87. The number of anilines is 1. The molecule has 0 bridgehead atoms. The number of hydrogen-bond donors (Lipinski definition) is 2. The quantitative estimate of drug-likeness (QED) is 0.248. The fraction of sp³-hybridized carbons (Fsp3) is 0.545. The van der Waals surface area contributed by atoms with E-state index >= 15 is 0 Å². The Kier molecular flexibility index (Phi) is 9.87. The third-order valence-corrected chi connectivity index (χ3v) is 5.53. The SMILES string of the molecule is CN=C(NCCCCn1ccnc1C)NC1CCCN(c2ccc(F)cc2C)C1.I. The third-order valence-electron chi connectivity index (χ3n) is 5.53. The number of guanidine groups is 1. The number of nitrogens with one attached hydrogen (secondary N) is 2. The van der Waals surface area contributed by atoms with Crippen molar-refractivity contribution < 1.29 is 4.39 Å². The standard InChI is InChI=1S/C22H33FN6.HI/c1-17-15-19(23)8-9-21(17)29-13-6-7-20(16-29)27-22(24-3)26-10-4-5-12-28-14-11-25-18(28)2;/h8-9,11,14-15,20H,4-7,10,12-13,16H2,1-3H3,(H2,24,26,27);1H. The fourth-order valence-corrected chi connectivity index (χ4v) is 3.93. The van der Waals surface area contributed by atoms with E-state index < -0.39 is 0 Å². The van der Waals surface area contributed by atoms with Gasteiger partial charge in [0.25, 0.3) is 0 Å². The van der Waals surface area contributed by atoms with Crippen molar-refractivity contribution in [3.8, 4) is 0 Å². The van der Waals surface area contributed by atoms with Crippen LogP contribution in [-0.2, 0) is 6.54 Å². The maximum Gasteiger partial charge on any atom is 0.191 e. The molecule has 2 heterocycles. The summed E-state index contributed by atoms with van der Waals surface area (Å²) in [5.74, 6) is 1.74. The monoisotopic (exact) mass is 528 g/mol. The molecule has 0 aliphatic carbocycles. The molecule has 1 saturated heterocycles. The van der Waals surface area contributed by atoms with Gasteiger partial charge in [-0.3, -0.25) is 4.99 Å². The van der Waals surface area contributed by atoms with Crippen molar-refractivity contribution in [2.24, 2.45) is 4.99 Å². The van der Waals surface area contributed by atoms with Crippen molar-refractivity contribution in [3.05, 3.63) is 47.8 Å². The first-order valence-electron chi connectivity index (χ1n) is 10.5. The van der Waals surface area contributed by atoms with E-state index in [-0.39, 0.29) is 29.8 Å². The Morgan fingerprint density at radius 2 is 2.13 bits per heavy atom. The Morgan fingerprint density at radius 1 is 1.30 bits per heavy atom. The van der Waals surface area contributed by atoms with Gasteiger partial charge in [0.1, 0.15) is 11.6 Å². The Labute approximate surface area is 196 Å². The molecule has 0 spiro atoms. The maximum atomic E-state index is 13.4. The van der Waals surface area contributed by atoms with Gasteiger partial charge in [0, 0.05) is 57.3 Å². The van der Waals surface area contributed by atoms with Crippen LogP contribution >= 0.6 is 24.0 Å². The second-order valence-corrected chi connectivity index (χ2v) is 7.73. The molecule has 1 aromatic carbocycles. The first kappa shape index (κ1) is 24.4. The molecular formula is C22H34FIN6. The largest absolute Gasteiger partial charge is 0.369 e. The van der Waals surface area contributed by atoms with E-state index in [0.29, 0.717) is 6.04 Å². The van der Waals surface area contributed by atoms with Crippen LogP contribution in [0.1, 0.15) is 37.1 Å². The highest BCUT2D eigenvalue weighted by Crippen LogP contribution is 2.24. The van der Waals surface area contributed by atoms with Crippen LogP contribution in [0.5, 0.6) is 0 Å². The van der Waals surface area contributed by atoms with Crippen molar-refractivity contribution in [1.29, 1.82) is 0 Å². The molecule has 0 radical (unpaired) electrons. The van der Waals surface area contributed by atoms with Gasteiger partial charge < -0.3 is 20.1 Å². The number of piperidine rings is 1. The lowest BCUT2D eigenvalue weighted by Crippen LogP contribution is -2.51. The van der Waals surface area contributed by atoms with E-state index in [1.807, 2.05) is 39.4 Å². The van der Waals surface area contributed by atoms with Gasteiger partial charge in [-0.25, -0.2) is 9.37 Å². The van der Waals surface area contributed by atoms with Gasteiger partial charge in [0.15, 0.2) is 5.96 Å². The zero-order valence-corrected chi connectivity index (χ0v) is 20.5. The van der Waals surface area contributed by atoms with Gasteiger partial charge in [0.2, 0.25) is 0 Å². The highest BCUT2D eigenvalue weighted by Gasteiger charge is 2.22. The molecule has 2 N–H and O–H groups in total. The Morgan fingerprint density at radius 3 is 2.83 bits per heavy atom. The normalized spacial score (nSPS) is 16.9. The van der Waals surface area contributed by atoms with Gasteiger partial charge in [0.05, 0.1) is 0 Å². The maximum absolute atomic E-state index is 13.4. The first-order chi connectivity index (χ1) is 14.1. The number of aromatic nitrogens is 2. The summed E-state index contributed by atoms with van der Waals surface area (Å²) in [4.78, 5) is 11.0. The summed E-state index contributed by atoms with van der Waals surface area (Å²) in [6.45, 7) is 7.79. The second-order valence-electron chi connectivity index (χ2n) is 7.73. The summed E-state index contributed by atoms with van der Waals surface area (Å²) in [6.07, 6.45) is 8.26. The zero-order chi connectivity index (χ0) is 20.6. The van der Waals surface area contributed by atoms with Crippen LogP contribution < -0.4 is 15.5 Å².